The zero-order valence-electron chi connectivity index (χ0n) is 13.5. The molecule has 1 heterocycles. The summed E-state index contributed by atoms with van der Waals surface area (Å²) in [6.07, 6.45) is 3.28. The minimum absolute atomic E-state index is 0.135. The van der Waals surface area contributed by atoms with Gasteiger partial charge in [-0.2, -0.15) is 4.98 Å². The fourth-order valence-corrected chi connectivity index (χ4v) is 3.60. The smallest absolute Gasteiger partial charge is 0.356 e. The van der Waals surface area contributed by atoms with Crippen LogP contribution in [0.25, 0.3) is 0 Å². The molecule has 0 aliphatic heterocycles. The molecule has 0 spiro atoms. The van der Waals surface area contributed by atoms with Gasteiger partial charge in [-0.3, -0.25) is 9.13 Å². The molecule has 0 fully saturated rings. The van der Waals surface area contributed by atoms with E-state index >= 15 is 0 Å². The van der Waals surface area contributed by atoms with Crippen molar-refractivity contribution < 1.29 is 18.3 Å². The summed E-state index contributed by atoms with van der Waals surface area (Å²) in [5.74, 6) is 0.698. The molecule has 0 radical (unpaired) electrons. The number of thioether (sulfide) groups is 1. The molecule has 130 valence electrons. The summed E-state index contributed by atoms with van der Waals surface area (Å²) in [6.45, 7) is 8.20. The molecule has 1 aromatic rings. The van der Waals surface area contributed by atoms with E-state index in [0.29, 0.717) is 17.3 Å². The van der Waals surface area contributed by atoms with Crippen molar-refractivity contribution in [3.63, 3.8) is 0 Å². The summed E-state index contributed by atoms with van der Waals surface area (Å²) < 4.78 is 29.2. The Labute approximate surface area is 140 Å². The minimum atomic E-state index is -3.21. The van der Waals surface area contributed by atoms with E-state index in [4.69, 9.17) is 13.8 Å². The molecule has 0 aliphatic carbocycles. The molecule has 0 aromatic carbocycles. The van der Waals surface area contributed by atoms with Crippen LogP contribution < -0.4 is 5.69 Å². The van der Waals surface area contributed by atoms with Gasteiger partial charge in [-0.1, -0.05) is 6.08 Å². The summed E-state index contributed by atoms with van der Waals surface area (Å²) in [6, 6.07) is 1.76. The van der Waals surface area contributed by atoms with Crippen LogP contribution in [-0.4, -0.2) is 41.5 Å². The highest BCUT2D eigenvalue weighted by atomic mass is 32.2. The second kappa shape index (κ2) is 10.8. The Morgan fingerprint density at radius 1 is 1.39 bits per heavy atom. The summed E-state index contributed by atoms with van der Waals surface area (Å²) in [7, 11) is -3.21. The first-order valence-electron chi connectivity index (χ1n) is 7.31. The van der Waals surface area contributed by atoms with E-state index in [1.54, 1.807) is 32.2 Å². The Kier molecular flexibility index (Phi) is 9.43. The van der Waals surface area contributed by atoms with Crippen molar-refractivity contribution >= 4 is 19.4 Å². The van der Waals surface area contributed by atoms with Gasteiger partial charge in [-0.15, -0.1) is 18.3 Å². The van der Waals surface area contributed by atoms with E-state index in [2.05, 4.69) is 11.6 Å². The van der Waals surface area contributed by atoms with Gasteiger partial charge in [-0.25, -0.2) is 4.79 Å². The molecule has 1 rings (SSSR count). The lowest BCUT2D eigenvalue weighted by Gasteiger charge is -2.17. The molecular weight excluding hydrogens is 339 g/mol. The van der Waals surface area contributed by atoms with Crippen LogP contribution in [0.1, 0.15) is 13.8 Å². The number of ether oxygens (including phenoxy) is 1. The van der Waals surface area contributed by atoms with Gasteiger partial charge in [0.15, 0.2) is 0 Å². The maximum Gasteiger partial charge on any atom is 0.356 e. The maximum atomic E-state index is 12.2. The zero-order valence-corrected chi connectivity index (χ0v) is 15.2. The third-order valence-electron chi connectivity index (χ3n) is 2.58. The van der Waals surface area contributed by atoms with Crippen molar-refractivity contribution in [3.05, 3.63) is 35.4 Å². The van der Waals surface area contributed by atoms with E-state index in [1.165, 1.54) is 16.3 Å². The van der Waals surface area contributed by atoms with E-state index < -0.39 is 7.60 Å². The fraction of sp³-hybridized carbons (Fsp3) is 0.571. The maximum absolute atomic E-state index is 12.2. The number of hydrogen-bond donors (Lipinski definition) is 0. The van der Waals surface area contributed by atoms with E-state index in [0.717, 1.165) is 0 Å². The molecule has 0 bridgehead atoms. The second-order valence-electron chi connectivity index (χ2n) is 4.33. The summed E-state index contributed by atoms with van der Waals surface area (Å²) in [5, 5.41) is 0.657. The van der Waals surface area contributed by atoms with Crippen molar-refractivity contribution in [3.8, 4) is 0 Å². The first-order chi connectivity index (χ1) is 11.0. The van der Waals surface area contributed by atoms with Crippen LogP contribution in [0.4, 0.5) is 0 Å². The van der Waals surface area contributed by atoms with Gasteiger partial charge in [-0.05, 0) is 19.9 Å². The minimum Gasteiger partial charge on any atom is -0.367 e. The van der Waals surface area contributed by atoms with Crippen LogP contribution in [0.2, 0.25) is 0 Å². The number of hydrogen-bond acceptors (Lipinski definition) is 7. The van der Waals surface area contributed by atoms with Crippen molar-refractivity contribution in [2.24, 2.45) is 0 Å². The molecule has 1 aromatic heterocycles. The SMILES string of the molecule is C=CCSc1ccn(CCOCP(=O)(OCC)OCC)c(=O)n1. The van der Waals surface area contributed by atoms with Gasteiger partial charge in [0, 0.05) is 11.9 Å². The fourth-order valence-electron chi connectivity index (χ4n) is 1.65. The van der Waals surface area contributed by atoms with E-state index in [1.807, 2.05) is 0 Å². The van der Waals surface area contributed by atoms with Crippen molar-refractivity contribution in [1.82, 2.24) is 9.55 Å². The number of nitrogens with zero attached hydrogens (tertiary/aromatic N) is 2. The highest BCUT2D eigenvalue weighted by Crippen LogP contribution is 2.47. The molecule has 9 heteroatoms. The Morgan fingerprint density at radius 2 is 2.09 bits per heavy atom. The van der Waals surface area contributed by atoms with Crippen LogP contribution in [0, 0.1) is 0 Å². The molecule has 23 heavy (non-hydrogen) atoms. The first kappa shape index (κ1) is 20.1. The first-order valence-corrected chi connectivity index (χ1v) is 10.0. The average molecular weight is 362 g/mol. The van der Waals surface area contributed by atoms with Crippen LogP contribution >= 0.6 is 19.4 Å². The molecule has 0 unspecified atom stereocenters. The third-order valence-corrected chi connectivity index (χ3v) is 5.30. The quantitative estimate of drug-likeness (QED) is 0.186. The topological polar surface area (TPSA) is 79.6 Å². The van der Waals surface area contributed by atoms with Gasteiger partial charge in [0.1, 0.15) is 11.4 Å². The largest absolute Gasteiger partial charge is 0.367 e. The lowest BCUT2D eigenvalue weighted by molar-refractivity contribution is 0.126. The normalized spacial score (nSPS) is 11.6. The van der Waals surface area contributed by atoms with Crippen LogP contribution in [0.3, 0.4) is 0 Å². The number of aromatic nitrogens is 2. The van der Waals surface area contributed by atoms with Gasteiger partial charge in [0.2, 0.25) is 0 Å². The monoisotopic (exact) mass is 362 g/mol. The van der Waals surface area contributed by atoms with Crippen LogP contribution in [0.5, 0.6) is 0 Å². The summed E-state index contributed by atoms with van der Waals surface area (Å²) in [5.41, 5.74) is -0.347. The Morgan fingerprint density at radius 3 is 2.65 bits per heavy atom. The summed E-state index contributed by atoms with van der Waals surface area (Å²) >= 11 is 1.44. The Balaban J connectivity index is 2.47. The predicted octanol–water partition coefficient (Wildman–Crippen LogP) is 2.76. The molecule has 7 nitrogen and oxygen atoms in total. The summed E-state index contributed by atoms with van der Waals surface area (Å²) in [4.78, 5) is 15.8. The molecular formula is C14H23N2O5PS. The Bertz CT molecular complexity index is 583. The molecule has 0 N–H and O–H groups in total. The van der Waals surface area contributed by atoms with Gasteiger partial charge >= 0.3 is 13.3 Å². The predicted molar refractivity (Wildman–Crippen MR) is 91.1 cm³/mol. The van der Waals surface area contributed by atoms with Gasteiger partial charge < -0.3 is 13.8 Å². The van der Waals surface area contributed by atoms with Crippen LogP contribution in [0.15, 0.2) is 34.7 Å². The third kappa shape index (κ3) is 7.46. The standard InChI is InChI=1S/C14H23N2O5PS/c1-4-11-23-13-7-8-16(14(17)15-13)9-10-19-12-22(18,20-5-2)21-6-3/h4,7-8H,1,5-6,9-12H2,2-3H3. The number of rotatable bonds is 12. The molecule has 0 saturated carbocycles. The second-order valence-corrected chi connectivity index (χ2v) is 7.36. The lowest BCUT2D eigenvalue weighted by atomic mass is 10.6. The van der Waals surface area contributed by atoms with Crippen molar-refractivity contribution in [2.75, 3.05) is 31.9 Å². The molecule has 0 amide bonds. The van der Waals surface area contributed by atoms with E-state index in [9.17, 15) is 9.36 Å². The average Bonchev–Trinajstić information content (AvgIpc) is 2.51. The van der Waals surface area contributed by atoms with Crippen LogP contribution in [-0.2, 0) is 24.9 Å². The van der Waals surface area contributed by atoms with E-state index in [-0.39, 0.29) is 31.9 Å². The van der Waals surface area contributed by atoms with Crippen molar-refractivity contribution in [1.29, 1.82) is 0 Å². The van der Waals surface area contributed by atoms with Gasteiger partial charge in [0.05, 0.1) is 26.4 Å². The molecule has 0 aliphatic rings. The highest BCUT2D eigenvalue weighted by molar-refractivity contribution is 7.99. The highest BCUT2D eigenvalue weighted by Gasteiger charge is 2.23. The lowest BCUT2D eigenvalue weighted by Crippen LogP contribution is -2.24. The molecule has 0 saturated heterocycles. The van der Waals surface area contributed by atoms with Crippen molar-refractivity contribution in [2.45, 2.75) is 25.4 Å². The Hall–Kier alpha value is -0.920. The van der Waals surface area contributed by atoms with Gasteiger partial charge in [0.25, 0.3) is 0 Å². The zero-order chi connectivity index (χ0) is 17.1. The molecule has 0 atom stereocenters.